The van der Waals surface area contributed by atoms with Crippen LogP contribution in [0.25, 0.3) is 0 Å². The lowest BCUT2D eigenvalue weighted by molar-refractivity contribution is -0.118. The van der Waals surface area contributed by atoms with Gasteiger partial charge in [0.25, 0.3) is 0 Å². The molecule has 1 saturated heterocycles. The van der Waals surface area contributed by atoms with E-state index in [0.717, 1.165) is 25.0 Å². The zero-order valence-electron chi connectivity index (χ0n) is 12.8. The Morgan fingerprint density at radius 2 is 2.32 bits per heavy atom. The van der Waals surface area contributed by atoms with Crippen molar-refractivity contribution in [2.45, 2.75) is 32.2 Å². The lowest BCUT2D eigenvalue weighted by Crippen LogP contribution is -2.30. The molecule has 1 heterocycles. The molecule has 0 saturated carbocycles. The van der Waals surface area contributed by atoms with Crippen molar-refractivity contribution >= 4 is 23.9 Å². The van der Waals surface area contributed by atoms with Crippen LogP contribution in [0.2, 0.25) is 0 Å². The number of allylic oxidation sites excluding steroid dienone is 2. The van der Waals surface area contributed by atoms with Crippen LogP contribution in [0.3, 0.4) is 0 Å². The maximum atomic E-state index is 11.3. The highest BCUT2D eigenvalue weighted by atomic mass is 32.2. The summed E-state index contributed by atoms with van der Waals surface area (Å²) >= 11 is 1.69. The van der Waals surface area contributed by atoms with Gasteiger partial charge in [0.05, 0.1) is 0 Å². The minimum Gasteiger partial charge on any atom is -0.361 e. The van der Waals surface area contributed by atoms with Crippen LogP contribution >= 0.6 is 11.9 Å². The lowest BCUT2D eigenvalue weighted by Gasteiger charge is -2.17. The summed E-state index contributed by atoms with van der Waals surface area (Å²) in [6.07, 6.45) is 9.84. The van der Waals surface area contributed by atoms with Crippen molar-refractivity contribution in [2.24, 2.45) is 0 Å². The van der Waals surface area contributed by atoms with E-state index < -0.39 is 0 Å². The van der Waals surface area contributed by atoms with Gasteiger partial charge in [0.1, 0.15) is 13.3 Å². The first-order chi connectivity index (χ1) is 10.7. The fourth-order valence-corrected chi connectivity index (χ4v) is 2.97. The Bertz CT molecular complexity index is 465. The minimum absolute atomic E-state index is 0.0925. The molecule has 122 valence electrons. The number of rotatable bonds is 9. The summed E-state index contributed by atoms with van der Waals surface area (Å²) in [6, 6.07) is -0.0227. The molecule has 2 rings (SSSR count). The summed E-state index contributed by atoms with van der Waals surface area (Å²) < 4.78 is 8.83. The zero-order valence-corrected chi connectivity index (χ0v) is 13.7. The summed E-state index contributed by atoms with van der Waals surface area (Å²) in [5.74, 6) is 0.667. The average molecular weight is 325 g/mol. The van der Waals surface area contributed by atoms with Crippen molar-refractivity contribution in [3.8, 4) is 0 Å². The van der Waals surface area contributed by atoms with Crippen LogP contribution in [0.15, 0.2) is 23.8 Å². The van der Waals surface area contributed by atoms with E-state index in [1.54, 1.807) is 11.9 Å². The Balaban J connectivity index is 1.47. The van der Waals surface area contributed by atoms with E-state index in [4.69, 9.17) is 4.74 Å². The van der Waals surface area contributed by atoms with Crippen molar-refractivity contribution in [1.82, 2.24) is 14.9 Å². The largest absolute Gasteiger partial charge is 0.361 e. The van der Waals surface area contributed by atoms with Gasteiger partial charge in [0.15, 0.2) is 0 Å². The van der Waals surface area contributed by atoms with Gasteiger partial charge in [0.2, 0.25) is 5.91 Å². The molecule has 1 fully saturated rings. The van der Waals surface area contributed by atoms with Crippen molar-refractivity contribution in [2.75, 3.05) is 25.6 Å². The summed E-state index contributed by atoms with van der Waals surface area (Å²) in [6.45, 7) is 3.00. The van der Waals surface area contributed by atoms with Gasteiger partial charge in [0, 0.05) is 18.4 Å². The van der Waals surface area contributed by atoms with Crippen LogP contribution < -0.4 is 10.0 Å². The van der Waals surface area contributed by atoms with Gasteiger partial charge in [-0.05, 0) is 31.8 Å². The second-order valence-corrected chi connectivity index (χ2v) is 6.25. The van der Waals surface area contributed by atoms with E-state index in [2.05, 4.69) is 35.2 Å². The van der Waals surface area contributed by atoms with Gasteiger partial charge in [-0.2, -0.15) is 0 Å². The number of carbonyl (C=O) groups excluding carboxylic acids is 2. The molecule has 1 unspecified atom stereocenters. The van der Waals surface area contributed by atoms with Gasteiger partial charge in [-0.3, -0.25) is 19.7 Å². The second-order valence-electron chi connectivity index (χ2n) is 5.31. The number of amides is 3. The van der Waals surface area contributed by atoms with Crippen LogP contribution in [-0.4, -0.2) is 48.5 Å². The van der Waals surface area contributed by atoms with Crippen LogP contribution in [0.1, 0.15) is 26.2 Å². The smallest absolute Gasteiger partial charge is 0.326 e. The molecule has 1 atom stereocenters. The van der Waals surface area contributed by atoms with Gasteiger partial charge in [-0.15, -0.1) is 0 Å². The van der Waals surface area contributed by atoms with Crippen LogP contribution in [0.4, 0.5) is 4.79 Å². The Kier molecular flexibility index (Phi) is 6.95. The molecule has 3 amide bonds. The van der Waals surface area contributed by atoms with E-state index in [1.165, 1.54) is 10.5 Å². The molecule has 0 radical (unpaired) electrons. The number of imide groups is 1. The van der Waals surface area contributed by atoms with Gasteiger partial charge in [-0.25, -0.2) is 4.79 Å². The average Bonchev–Trinajstić information content (AvgIpc) is 2.84. The second kappa shape index (κ2) is 8.97. The van der Waals surface area contributed by atoms with Crippen LogP contribution in [0, 0.1) is 0 Å². The third kappa shape index (κ3) is 5.47. The topological polar surface area (TPSA) is 70.7 Å². The molecule has 0 aromatic heterocycles. The fourth-order valence-electron chi connectivity index (χ4n) is 2.20. The van der Waals surface area contributed by atoms with E-state index in [9.17, 15) is 9.59 Å². The Morgan fingerprint density at radius 1 is 1.45 bits per heavy atom. The molecule has 0 bridgehead atoms. The molecular weight excluding hydrogens is 302 g/mol. The molecule has 1 aliphatic heterocycles. The predicted octanol–water partition coefficient (Wildman–Crippen LogP) is 1.81. The Morgan fingerprint density at radius 3 is 3.00 bits per heavy atom. The van der Waals surface area contributed by atoms with Crippen LogP contribution in [-0.2, 0) is 9.53 Å². The van der Waals surface area contributed by atoms with Crippen molar-refractivity contribution in [1.29, 1.82) is 0 Å². The molecular formula is C15H23N3O3S. The summed E-state index contributed by atoms with van der Waals surface area (Å²) in [7, 11) is 0. The first-order valence-corrected chi connectivity index (χ1v) is 8.56. The molecule has 1 aliphatic carbocycles. The molecule has 2 N–H and O–H groups in total. The highest BCUT2D eigenvalue weighted by Crippen LogP contribution is 2.15. The summed E-state index contributed by atoms with van der Waals surface area (Å²) in [4.78, 5) is 23.6. The summed E-state index contributed by atoms with van der Waals surface area (Å²) in [5.41, 5.74) is 1.35. The first-order valence-electron chi connectivity index (χ1n) is 7.57. The zero-order chi connectivity index (χ0) is 15.8. The van der Waals surface area contributed by atoms with Gasteiger partial charge in [-0.1, -0.05) is 30.2 Å². The number of urea groups is 1. The number of hydrogen-bond acceptors (Lipinski definition) is 5. The van der Waals surface area contributed by atoms with Crippen LogP contribution in [0.5, 0.6) is 0 Å². The normalized spacial score (nSPS) is 19.3. The van der Waals surface area contributed by atoms with Crippen molar-refractivity contribution in [3.63, 3.8) is 0 Å². The van der Waals surface area contributed by atoms with Gasteiger partial charge < -0.3 is 4.74 Å². The summed E-state index contributed by atoms with van der Waals surface area (Å²) in [5, 5.41) is 2.21. The molecule has 0 aromatic carbocycles. The minimum atomic E-state index is -0.372. The first kappa shape index (κ1) is 17.1. The third-order valence-electron chi connectivity index (χ3n) is 3.43. The standard InChI is InChI=1S/C15H23N3O3S/c1-12(13-6-3-2-4-7-13)17-22-9-5-8-21-11-18-10-14(19)16-15(18)20/h3,6-7,12,17H,2,4-5,8-11H2,1H3,(H,16,19,20). The highest BCUT2D eigenvalue weighted by molar-refractivity contribution is 7.97. The van der Waals surface area contributed by atoms with Crippen molar-refractivity contribution in [3.05, 3.63) is 23.8 Å². The third-order valence-corrected chi connectivity index (χ3v) is 4.45. The number of nitrogens with one attached hydrogen (secondary N) is 2. The molecule has 6 nitrogen and oxygen atoms in total. The molecule has 22 heavy (non-hydrogen) atoms. The maximum Gasteiger partial charge on any atom is 0.326 e. The highest BCUT2D eigenvalue weighted by Gasteiger charge is 2.26. The number of hydrogen-bond donors (Lipinski definition) is 2. The maximum absolute atomic E-state index is 11.3. The molecule has 2 aliphatic rings. The Hall–Kier alpha value is -1.31. The number of ether oxygens (including phenoxy) is 1. The molecule has 0 spiro atoms. The lowest BCUT2D eigenvalue weighted by atomic mass is 10.0. The monoisotopic (exact) mass is 325 g/mol. The van der Waals surface area contributed by atoms with E-state index >= 15 is 0 Å². The number of nitrogens with zero attached hydrogens (tertiary/aromatic N) is 1. The SMILES string of the molecule is CC(NSCCCOCN1CC(=O)NC1=O)C1=CCCC=C1. The van der Waals surface area contributed by atoms with Gasteiger partial charge >= 0.3 is 6.03 Å². The van der Waals surface area contributed by atoms with E-state index in [1.807, 2.05) is 0 Å². The quantitative estimate of drug-likeness (QED) is 0.384. The molecule has 7 heteroatoms. The van der Waals surface area contributed by atoms with Crippen molar-refractivity contribution < 1.29 is 14.3 Å². The van der Waals surface area contributed by atoms with E-state index in [-0.39, 0.29) is 25.2 Å². The predicted molar refractivity (Wildman–Crippen MR) is 87.2 cm³/mol. The van der Waals surface area contributed by atoms with E-state index in [0.29, 0.717) is 12.6 Å². The molecule has 0 aromatic rings. The Labute approximate surface area is 135 Å². The fraction of sp³-hybridized carbons (Fsp3) is 0.600. The number of carbonyl (C=O) groups is 2.